The van der Waals surface area contributed by atoms with Crippen molar-refractivity contribution >= 4 is 0 Å². The van der Waals surface area contributed by atoms with Gasteiger partial charge in [0.25, 0.3) is 0 Å². The van der Waals surface area contributed by atoms with Crippen LogP contribution in [0.3, 0.4) is 0 Å². The van der Waals surface area contributed by atoms with Crippen molar-refractivity contribution in [2.45, 2.75) is 38.4 Å². The lowest BCUT2D eigenvalue weighted by Gasteiger charge is -2.28. The summed E-state index contributed by atoms with van der Waals surface area (Å²) in [6.45, 7) is 3.12. The van der Waals surface area contributed by atoms with Crippen LogP contribution in [0.4, 0.5) is 0 Å². The highest BCUT2D eigenvalue weighted by Gasteiger charge is 2.31. The van der Waals surface area contributed by atoms with E-state index in [0.29, 0.717) is 12.8 Å². The summed E-state index contributed by atoms with van der Waals surface area (Å²) in [7, 11) is 0. The van der Waals surface area contributed by atoms with E-state index in [2.05, 4.69) is 0 Å². The smallest absolute Gasteiger partial charge is 0.113 e. The molecule has 0 aliphatic carbocycles. The third kappa shape index (κ3) is 1.94. The molecule has 10 heavy (non-hydrogen) atoms. The average Bonchev–Trinajstić information content (AvgIpc) is 2.01. The molecule has 0 radical (unpaired) electrons. The van der Waals surface area contributed by atoms with Gasteiger partial charge in [-0.25, -0.2) is 0 Å². The van der Waals surface area contributed by atoms with Crippen LogP contribution in [0.1, 0.15) is 26.7 Å². The monoisotopic (exact) mass is 148 g/mol. The van der Waals surface area contributed by atoms with Crippen LogP contribution in [-0.4, -0.2) is 33.6 Å². The van der Waals surface area contributed by atoms with Crippen molar-refractivity contribution in [2.24, 2.45) is 0 Å². The van der Waals surface area contributed by atoms with Crippen molar-refractivity contribution in [3.63, 3.8) is 0 Å². The Balaban J connectivity index is 4.02. The van der Waals surface area contributed by atoms with Crippen LogP contribution in [0.5, 0.6) is 0 Å². The Hall–Kier alpha value is -0.120. The zero-order valence-electron chi connectivity index (χ0n) is 6.54. The van der Waals surface area contributed by atoms with Gasteiger partial charge < -0.3 is 15.3 Å². The highest BCUT2D eigenvalue weighted by atomic mass is 16.4. The van der Waals surface area contributed by atoms with E-state index in [-0.39, 0.29) is 6.61 Å². The number of hydrogen-bond acceptors (Lipinski definition) is 3. The third-order valence-electron chi connectivity index (χ3n) is 1.89. The molecule has 0 aliphatic heterocycles. The molecule has 0 aliphatic rings. The average molecular weight is 148 g/mol. The van der Waals surface area contributed by atoms with E-state index >= 15 is 0 Å². The van der Waals surface area contributed by atoms with Crippen molar-refractivity contribution in [3.8, 4) is 0 Å². The van der Waals surface area contributed by atoms with E-state index in [0.717, 1.165) is 0 Å². The van der Waals surface area contributed by atoms with Crippen LogP contribution in [-0.2, 0) is 0 Å². The van der Waals surface area contributed by atoms with Crippen LogP contribution in [0.15, 0.2) is 0 Å². The summed E-state index contributed by atoms with van der Waals surface area (Å²) in [6, 6.07) is 0. The second kappa shape index (κ2) is 3.91. The molecule has 0 amide bonds. The summed E-state index contributed by atoms with van der Waals surface area (Å²) in [5, 5.41) is 27.2. The van der Waals surface area contributed by atoms with Gasteiger partial charge in [0.15, 0.2) is 0 Å². The van der Waals surface area contributed by atoms with Crippen LogP contribution < -0.4 is 0 Å². The minimum absolute atomic E-state index is 0.374. The minimum atomic E-state index is -1.30. The fourth-order valence-corrected chi connectivity index (χ4v) is 0.833. The van der Waals surface area contributed by atoms with Gasteiger partial charge in [0.05, 0.1) is 12.7 Å². The quantitative estimate of drug-likeness (QED) is 0.521. The van der Waals surface area contributed by atoms with Gasteiger partial charge in [0.2, 0.25) is 0 Å². The SMILES string of the molecule is CCC(O)C(O)(CC)CO. The Bertz CT molecular complexity index is 88.9. The Morgan fingerprint density at radius 1 is 1.40 bits per heavy atom. The fraction of sp³-hybridized carbons (Fsp3) is 1.00. The van der Waals surface area contributed by atoms with Crippen molar-refractivity contribution in [1.29, 1.82) is 0 Å². The molecule has 0 aromatic carbocycles. The zero-order valence-corrected chi connectivity index (χ0v) is 6.54. The van der Waals surface area contributed by atoms with Gasteiger partial charge >= 0.3 is 0 Å². The first kappa shape index (κ1) is 9.88. The lowest BCUT2D eigenvalue weighted by Crippen LogP contribution is -2.44. The molecule has 62 valence electrons. The predicted octanol–water partition coefficient (Wildman–Crippen LogP) is -0.109. The maximum Gasteiger partial charge on any atom is 0.113 e. The largest absolute Gasteiger partial charge is 0.393 e. The van der Waals surface area contributed by atoms with Crippen LogP contribution in [0, 0.1) is 0 Å². The summed E-state index contributed by atoms with van der Waals surface area (Å²) in [4.78, 5) is 0. The summed E-state index contributed by atoms with van der Waals surface area (Å²) in [5.41, 5.74) is -1.30. The lowest BCUT2D eigenvalue weighted by molar-refractivity contribution is -0.107. The van der Waals surface area contributed by atoms with Crippen LogP contribution >= 0.6 is 0 Å². The normalized spacial score (nSPS) is 20.1. The molecule has 3 heteroatoms. The van der Waals surface area contributed by atoms with Gasteiger partial charge in [-0.05, 0) is 12.8 Å². The molecule has 0 aromatic rings. The topological polar surface area (TPSA) is 60.7 Å². The van der Waals surface area contributed by atoms with Crippen LogP contribution in [0.2, 0.25) is 0 Å². The highest BCUT2D eigenvalue weighted by Crippen LogP contribution is 2.16. The summed E-state index contributed by atoms with van der Waals surface area (Å²) in [6.07, 6.45) is 0.0196. The lowest BCUT2D eigenvalue weighted by atomic mass is 9.93. The van der Waals surface area contributed by atoms with E-state index in [1.165, 1.54) is 0 Å². The predicted molar refractivity (Wildman–Crippen MR) is 38.6 cm³/mol. The fourth-order valence-electron chi connectivity index (χ4n) is 0.833. The first-order valence-corrected chi connectivity index (χ1v) is 3.62. The standard InChI is InChI=1S/C7H16O3/c1-3-6(9)7(10,4-2)5-8/h6,8-10H,3-5H2,1-2H3. The van der Waals surface area contributed by atoms with Crippen LogP contribution in [0.25, 0.3) is 0 Å². The molecule has 0 saturated heterocycles. The maximum absolute atomic E-state index is 9.40. The molecule has 2 unspecified atom stereocenters. The van der Waals surface area contributed by atoms with Gasteiger partial charge in [-0.3, -0.25) is 0 Å². The molecule has 0 rings (SSSR count). The van der Waals surface area contributed by atoms with E-state index in [1.807, 2.05) is 0 Å². The highest BCUT2D eigenvalue weighted by molar-refractivity contribution is 4.83. The van der Waals surface area contributed by atoms with E-state index < -0.39 is 11.7 Å². The molecule has 0 aromatic heterocycles. The van der Waals surface area contributed by atoms with Crippen molar-refractivity contribution in [1.82, 2.24) is 0 Å². The molecule has 0 spiro atoms. The Morgan fingerprint density at radius 2 is 1.90 bits per heavy atom. The minimum Gasteiger partial charge on any atom is -0.393 e. The summed E-state index contributed by atoms with van der Waals surface area (Å²) >= 11 is 0. The molecule has 3 nitrogen and oxygen atoms in total. The van der Waals surface area contributed by atoms with Crippen molar-refractivity contribution in [3.05, 3.63) is 0 Å². The molecular formula is C7H16O3. The van der Waals surface area contributed by atoms with Gasteiger partial charge in [0, 0.05) is 0 Å². The number of hydrogen-bond donors (Lipinski definition) is 3. The summed E-state index contributed by atoms with van der Waals surface area (Å²) in [5.74, 6) is 0. The first-order valence-electron chi connectivity index (χ1n) is 3.62. The molecule has 3 N–H and O–H groups in total. The first-order chi connectivity index (χ1) is 4.60. The Labute approximate surface area is 61.3 Å². The molecule has 0 saturated carbocycles. The molecular weight excluding hydrogens is 132 g/mol. The number of rotatable bonds is 4. The van der Waals surface area contributed by atoms with Gasteiger partial charge in [0.1, 0.15) is 5.60 Å². The van der Waals surface area contributed by atoms with Gasteiger partial charge in [-0.1, -0.05) is 13.8 Å². The Morgan fingerprint density at radius 3 is 2.00 bits per heavy atom. The zero-order chi connectivity index (χ0) is 8.20. The van der Waals surface area contributed by atoms with E-state index in [1.54, 1.807) is 13.8 Å². The second-order valence-electron chi connectivity index (χ2n) is 2.54. The van der Waals surface area contributed by atoms with Gasteiger partial charge in [-0.15, -0.1) is 0 Å². The molecule has 0 bridgehead atoms. The second-order valence-corrected chi connectivity index (χ2v) is 2.54. The van der Waals surface area contributed by atoms with Gasteiger partial charge in [-0.2, -0.15) is 0 Å². The Kier molecular flexibility index (Phi) is 3.86. The molecule has 0 heterocycles. The number of aliphatic hydroxyl groups excluding tert-OH is 2. The van der Waals surface area contributed by atoms with Crippen molar-refractivity contribution in [2.75, 3.05) is 6.61 Å². The van der Waals surface area contributed by atoms with Crippen molar-refractivity contribution < 1.29 is 15.3 Å². The molecule has 2 atom stereocenters. The number of aliphatic hydroxyl groups is 3. The maximum atomic E-state index is 9.40. The molecule has 0 fully saturated rings. The summed E-state index contributed by atoms with van der Waals surface area (Å²) < 4.78 is 0. The third-order valence-corrected chi connectivity index (χ3v) is 1.89. The van der Waals surface area contributed by atoms with E-state index in [9.17, 15) is 5.11 Å². The van der Waals surface area contributed by atoms with E-state index in [4.69, 9.17) is 10.2 Å².